The van der Waals surface area contributed by atoms with Crippen LogP contribution in [-0.2, 0) is 24.2 Å². The topological polar surface area (TPSA) is 94.2 Å². The Morgan fingerprint density at radius 1 is 1.17 bits per heavy atom. The van der Waals surface area contributed by atoms with Gasteiger partial charge in [0.2, 0.25) is 5.91 Å². The number of nitro groups is 1. The largest absolute Gasteiger partial charge is 0.343 e. The van der Waals surface area contributed by atoms with E-state index in [1.165, 1.54) is 24.0 Å². The van der Waals surface area contributed by atoms with E-state index in [1.54, 1.807) is 11.3 Å². The lowest BCUT2D eigenvalue weighted by molar-refractivity contribution is -0.385. The van der Waals surface area contributed by atoms with Gasteiger partial charge in [0, 0.05) is 17.0 Å². The standard InChI is InChI=1S/C22H21N3O4S/c26-20(14-24-13-18(25(28)29)9-10-21(24)27)23-22(19-6-3-11-30-19)17-8-7-15-4-1-2-5-16(15)12-17/h3,6-13,22H,1-2,4-5,14H2,(H,23,26). The Bertz CT molecular complexity index is 1140. The van der Waals surface area contributed by atoms with E-state index in [4.69, 9.17) is 0 Å². The molecule has 0 fully saturated rings. The number of thiophene rings is 1. The normalized spacial score (nSPS) is 14.0. The summed E-state index contributed by atoms with van der Waals surface area (Å²) in [4.78, 5) is 36.2. The van der Waals surface area contributed by atoms with Crippen LogP contribution >= 0.6 is 11.3 Å². The third-order valence-corrected chi connectivity index (χ3v) is 6.27. The van der Waals surface area contributed by atoms with Gasteiger partial charge in [-0.15, -0.1) is 11.3 Å². The Morgan fingerprint density at radius 2 is 1.97 bits per heavy atom. The number of rotatable bonds is 6. The molecule has 30 heavy (non-hydrogen) atoms. The van der Waals surface area contributed by atoms with E-state index >= 15 is 0 Å². The number of hydrogen-bond donors (Lipinski definition) is 1. The highest BCUT2D eigenvalue weighted by molar-refractivity contribution is 7.10. The first-order valence-corrected chi connectivity index (χ1v) is 10.7. The minimum absolute atomic E-state index is 0.230. The molecule has 4 rings (SSSR count). The molecule has 0 saturated heterocycles. The van der Waals surface area contributed by atoms with Crippen LogP contribution in [0, 0.1) is 10.1 Å². The number of benzene rings is 1. The quantitative estimate of drug-likeness (QED) is 0.484. The van der Waals surface area contributed by atoms with Crippen LogP contribution in [-0.4, -0.2) is 15.4 Å². The summed E-state index contributed by atoms with van der Waals surface area (Å²) in [6.07, 6.45) is 5.59. The number of aromatic nitrogens is 1. The summed E-state index contributed by atoms with van der Waals surface area (Å²) in [7, 11) is 0. The lowest BCUT2D eigenvalue weighted by atomic mass is 9.89. The first-order chi connectivity index (χ1) is 14.5. The SMILES string of the molecule is O=C(Cn1cc([N+](=O)[O-])ccc1=O)NC(c1ccc2c(c1)CCCC2)c1cccs1. The number of pyridine rings is 1. The van der Waals surface area contributed by atoms with Gasteiger partial charge in [-0.3, -0.25) is 24.3 Å². The molecule has 1 aromatic carbocycles. The second-order valence-electron chi connectivity index (χ2n) is 7.36. The van der Waals surface area contributed by atoms with E-state index in [0.717, 1.165) is 46.2 Å². The average Bonchev–Trinajstić information content (AvgIpc) is 3.27. The number of aryl methyl sites for hydroxylation is 2. The Hall–Kier alpha value is -3.26. The van der Waals surface area contributed by atoms with Crippen molar-refractivity contribution in [2.45, 2.75) is 38.3 Å². The van der Waals surface area contributed by atoms with E-state index in [1.807, 2.05) is 23.6 Å². The van der Waals surface area contributed by atoms with Crippen LogP contribution in [0.2, 0.25) is 0 Å². The van der Waals surface area contributed by atoms with Gasteiger partial charge in [0.05, 0.1) is 17.2 Å². The zero-order valence-corrected chi connectivity index (χ0v) is 17.1. The van der Waals surface area contributed by atoms with Gasteiger partial charge in [0.15, 0.2) is 0 Å². The van der Waals surface area contributed by atoms with Gasteiger partial charge >= 0.3 is 0 Å². The lowest BCUT2D eigenvalue weighted by Gasteiger charge is -2.22. The maximum Gasteiger partial charge on any atom is 0.285 e. The maximum atomic E-state index is 12.8. The lowest BCUT2D eigenvalue weighted by Crippen LogP contribution is -2.34. The van der Waals surface area contributed by atoms with Gasteiger partial charge in [-0.25, -0.2) is 0 Å². The fourth-order valence-corrected chi connectivity index (χ4v) is 4.62. The predicted molar refractivity (Wildman–Crippen MR) is 115 cm³/mol. The summed E-state index contributed by atoms with van der Waals surface area (Å²) in [6.45, 7) is -0.284. The monoisotopic (exact) mass is 423 g/mol. The molecule has 1 atom stereocenters. The maximum absolute atomic E-state index is 12.8. The Kier molecular flexibility index (Phi) is 5.76. The molecular weight excluding hydrogens is 402 g/mol. The first kappa shape index (κ1) is 20.0. The van der Waals surface area contributed by atoms with Gasteiger partial charge in [-0.2, -0.15) is 0 Å². The molecule has 8 heteroatoms. The summed E-state index contributed by atoms with van der Waals surface area (Å²) in [5.74, 6) is -0.381. The van der Waals surface area contributed by atoms with E-state index in [9.17, 15) is 19.7 Å². The molecule has 0 bridgehead atoms. The number of amides is 1. The molecule has 7 nitrogen and oxygen atoms in total. The van der Waals surface area contributed by atoms with Crippen molar-refractivity contribution in [3.63, 3.8) is 0 Å². The van der Waals surface area contributed by atoms with Crippen molar-refractivity contribution >= 4 is 22.9 Å². The second-order valence-corrected chi connectivity index (χ2v) is 8.34. The highest BCUT2D eigenvalue weighted by Gasteiger charge is 2.21. The van der Waals surface area contributed by atoms with Crippen LogP contribution in [0.3, 0.4) is 0 Å². The van der Waals surface area contributed by atoms with E-state index < -0.39 is 10.5 Å². The smallest absolute Gasteiger partial charge is 0.285 e. The van der Waals surface area contributed by atoms with Crippen LogP contribution in [0.5, 0.6) is 0 Å². The number of fused-ring (bicyclic) bond motifs is 1. The highest BCUT2D eigenvalue weighted by atomic mass is 32.1. The Labute approximate surface area is 177 Å². The number of hydrogen-bond acceptors (Lipinski definition) is 5. The first-order valence-electron chi connectivity index (χ1n) is 9.80. The molecule has 0 saturated carbocycles. The number of carbonyl (C=O) groups is 1. The summed E-state index contributed by atoms with van der Waals surface area (Å²) in [6, 6.07) is 12.2. The van der Waals surface area contributed by atoms with Crippen molar-refractivity contribution in [1.82, 2.24) is 9.88 Å². The average molecular weight is 423 g/mol. The minimum Gasteiger partial charge on any atom is -0.343 e. The molecule has 2 heterocycles. The number of carbonyl (C=O) groups excluding carboxylic acids is 1. The van der Waals surface area contributed by atoms with Crippen molar-refractivity contribution in [2.75, 3.05) is 0 Å². The summed E-state index contributed by atoms with van der Waals surface area (Å²) in [5.41, 5.74) is 3.00. The van der Waals surface area contributed by atoms with Crippen molar-refractivity contribution in [3.8, 4) is 0 Å². The summed E-state index contributed by atoms with van der Waals surface area (Å²) < 4.78 is 1.06. The zero-order chi connectivity index (χ0) is 21.1. The van der Waals surface area contributed by atoms with Crippen molar-refractivity contribution < 1.29 is 9.72 Å². The van der Waals surface area contributed by atoms with E-state index in [-0.39, 0.29) is 24.2 Å². The molecule has 0 aliphatic heterocycles. The summed E-state index contributed by atoms with van der Waals surface area (Å²) in [5, 5.41) is 15.9. The van der Waals surface area contributed by atoms with Crippen molar-refractivity contribution in [1.29, 1.82) is 0 Å². The van der Waals surface area contributed by atoms with Crippen LogP contribution in [0.25, 0.3) is 0 Å². The fraction of sp³-hybridized carbons (Fsp3) is 0.273. The molecule has 3 aromatic rings. The third kappa shape index (κ3) is 4.33. The zero-order valence-electron chi connectivity index (χ0n) is 16.2. The van der Waals surface area contributed by atoms with Gasteiger partial charge in [0.1, 0.15) is 6.54 Å². The van der Waals surface area contributed by atoms with E-state index in [0.29, 0.717) is 0 Å². The van der Waals surface area contributed by atoms with Crippen LogP contribution in [0.1, 0.15) is 40.5 Å². The van der Waals surface area contributed by atoms with Gasteiger partial charge in [-0.1, -0.05) is 24.3 Å². The molecule has 0 radical (unpaired) electrons. The molecular formula is C22H21N3O4S. The molecule has 1 aliphatic rings. The third-order valence-electron chi connectivity index (χ3n) is 5.33. The van der Waals surface area contributed by atoms with Gasteiger partial charge < -0.3 is 5.32 Å². The summed E-state index contributed by atoms with van der Waals surface area (Å²) >= 11 is 1.55. The fourth-order valence-electron chi connectivity index (χ4n) is 3.82. The molecule has 2 aromatic heterocycles. The van der Waals surface area contributed by atoms with Crippen LogP contribution < -0.4 is 10.9 Å². The molecule has 1 unspecified atom stereocenters. The minimum atomic E-state index is -0.588. The highest BCUT2D eigenvalue weighted by Crippen LogP contribution is 2.30. The molecule has 1 aliphatic carbocycles. The Morgan fingerprint density at radius 3 is 2.70 bits per heavy atom. The number of nitrogens with zero attached hydrogens (tertiary/aromatic N) is 2. The molecule has 0 spiro atoms. The Balaban J connectivity index is 1.59. The van der Waals surface area contributed by atoms with Crippen molar-refractivity contribution in [2.24, 2.45) is 0 Å². The van der Waals surface area contributed by atoms with Crippen LogP contribution in [0.15, 0.2) is 58.8 Å². The van der Waals surface area contributed by atoms with E-state index in [2.05, 4.69) is 17.4 Å². The van der Waals surface area contributed by atoms with Gasteiger partial charge in [0.25, 0.3) is 11.2 Å². The molecule has 1 amide bonds. The second kappa shape index (κ2) is 8.62. The van der Waals surface area contributed by atoms with Gasteiger partial charge in [-0.05, 0) is 53.8 Å². The van der Waals surface area contributed by atoms with Crippen molar-refractivity contribution in [3.05, 3.63) is 96.1 Å². The predicted octanol–water partition coefficient (Wildman–Crippen LogP) is 3.60. The molecule has 1 N–H and O–H groups in total. The number of nitrogens with one attached hydrogen (secondary N) is 1. The van der Waals surface area contributed by atoms with Crippen LogP contribution in [0.4, 0.5) is 5.69 Å². The molecule has 154 valence electrons.